The maximum absolute atomic E-state index is 4.41. The molecule has 0 saturated carbocycles. The molecule has 4 rings (SSSR count). The second-order valence-corrected chi connectivity index (χ2v) is 5.61. The van der Waals surface area contributed by atoms with E-state index in [1.54, 1.807) is 17.2 Å². The first kappa shape index (κ1) is 15.1. The highest BCUT2D eigenvalue weighted by atomic mass is 15.3. The van der Waals surface area contributed by atoms with Crippen molar-refractivity contribution in [1.29, 1.82) is 0 Å². The minimum Gasteiger partial charge on any atom is -0.365 e. The van der Waals surface area contributed by atoms with Gasteiger partial charge >= 0.3 is 0 Å². The monoisotopic (exact) mass is 327 g/mol. The summed E-state index contributed by atoms with van der Waals surface area (Å²) in [4.78, 5) is 8.72. The lowest BCUT2D eigenvalue weighted by Gasteiger charge is -2.06. The molecule has 5 heteroatoms. The third-order valence-electron chi connectivity index (χ3n) is 3.90. The number of rotatable bonds is 5. The summed E-state index contributed by atoms with van der Waals surface area (Å²) >= 11 is 0. The summed E-state index contributed by atoms with van der Waals surface area (Å²) in [5.74, 6) is 0.785. The van der Waals surface area contributed by atoms with E-state index >= 15 is 0 Å². The van der Waals surface area contributed by atoms with Crippen LogP contribution in [0.3, 0.4) is 0 Å². The molecule has 0 saturated heterocycles. The first-order valence-electron chi connectivity index (χ1n) is 8.09. The molecule has 0 aliphatic rings. The van der Waals surface area contributed by atoms with Crippen molar-refractivity contribution in [3.05, 3.63) is 84.3 Å². The summed E-state index contributed by atoms with van der Waals surface area (Å²) in [6.45, 7) is 0.706. The van der Waals surface area contributed by atoms with Crippen molar-refractivity contribution >= 4 is 29.1 Å². The largest absolute Gasteiger partial charge is 0.365 e. The fourth-order valence-corrected chi connectivity index (χ4v) is 2.61. The first-order chi connectivity index (χ1) is 12.4. The summed E-state index contributed by atoms with van der Waals surface area (Å²) in [5.41, 5.74) is 3.09. The number of nitrogens with one attached hydrogen (secondary N) is 1. The minimum atomic E-state index is 0.706. The van der Waals surface area contributed by atoms with Gasteiger partial charge in [0.15, 0.2) is 5.65 Å². The highest BCUT2D eigenvalue weighted by molar-refractivity contribution is 5.87. The molecule has 2 aromatic heterocycles. The standard InChI is InChI=1S/C20H17N5/c1-3-7-16(8-4-1)11-12-25-20-18(14-24-25)19(22-15-23-20)21-13-17-9-5-2-6-10-17/h1-12,14-15H,13H2,(H,21,22,23). The fraction of sp³-hybridized carbons (Fsp3) is 0.0500. The molecule has 5 nitrogen and oxygen atoms in total. The second kappa shape index (κ2) is 6.97. The van der Waals surface area contributed by atoms with Crippen molar-refractivity contribution in [2.24, 2.45) is 0 Å². The quantitative estimate of drug-likeness (QED) is 0.600. The summed E-state index contributed by atoms with van der Waals surface area (Å²) < 4.78 is 1.76. The SMILES string of the molecule is C(=Cn1ncc2c(NCc3ccccc3)ncnc21)c1ccccc1. The van der Waals surface area contributed by atoms with Gasteiger partial charge in [-0.1, -0.05) is 60.7 Å². The molecule has 0 atom stereocenters. The Balaban J connectivity index is 1.58. The van der Waals surface area contributed by atoms with Crippen LogP contribution in [0.4, 0.5) is 5.82 Å². The molecule has 25 heavy (non-hydrogen) atoms. The molecule has 2 aromatic carbocycles. The lowest BCUT2D eigenvalue weighted by molar-refractivity contribution is 0.949. The average molecular weight is 327 g/mol. The predicted octanol–water partition coefficient (Wildman–Crippen LogP) is 4.07. The van der Waals surface area contributed by atoms with Gasteiger partial charge < -0.3 is 5.32 Å². The van der Waals surface area contributed by atoms with Crippen LogP contribution in [0.25, 0.3) is 23.3 Å². The van der Waals surface area contributed by atoms with E-state index in [1.807, 2.05) is 60.8 Å². The molecule has 0 bridgehead atoms. The zero-order valence-corrected chi connectivity index (χ0v) is 13.6. The van der Waals surface area contributed by atoms with Gasteiger partial charge in [0.2, 0.25) is 0 Å². The van der Waals surface area contributed by atoms with Crippen LogP contribution in [0, 0.1) is 0 Å². The van der Waals surface area contributed by atoms with E-state index < -0.39 is 0 Å². The molecular formula is C20H17N5. The number of anilines is 1. The van der Waals surface area contributed by atoms with Gasteiger partial charge in [0.25, 0.3) is 0 Å². The molecular weight excluding hydrogens is 310 g/mol. The van der Waals surface area contributed by atoms with Gasteiger partial charge in [0.05, 0.1) is 11.6 Å². The number of hydrogen-bond acceptors (Lipinski definition) is 4. The van der Waals surface area contributed by atoms with Crippen LogP contribution in [0.15, 0.2) is 73.2 Å². The third-order valence-corrected chi connectivity index (χ3v) is 3.90. The van der Waals surface area contributed by atoms with E-state index in [4.69, 9.17) is 0 Å². The van der Waals surface area contributed by atoms with Crippen molar-refractivity contribution in [2.75, 3.05) is 5.32 Å². The molecule has 1 N–H and O–H groups in total. The van der Waals surface area contributed by atoms with Crippen LogP contribution < -0.4 is 5.32 Å². The number of benzene rings is 2. The number of hydrogen-bond donors (Lipinski definition) is 1. The highest BCUT2D eigenvalue weighted by Crippen LogP contribution is 2.19. The van der Waals surface area contributed by atoms with E-state index in [1.165, 1.54) is 5.56 Å². The Bertz CT molecular complexity index is 990. The minimum absolute atomic E-state index is 0.706. The van der Waals surface area contributed by atoms with Gasteiger partial charge in [-0.2, -0.15) is 5.10 Å². The third kappa shape index (κ3) is 3.40. The Labute approximate surface area is 145 Å². The molecule has 0 aliphatic carbocycles. The van der Waals surface area contributed by atoms with Crippen LogP contribution in [0.2, 0.25) is 0 Å². The topological polar surface area (TPSA) is 55.6 Å². The van der Waals surface area contributed by atoms with E-state index in [2.05, 4.69) is 32.5 Å². The van der Waals surface area contributed by atoms with E-state index in [-0.39, 0.29) is 0 Å². The average Bonchev–Trinajstić information content (AvgIpc) is 3.10. The van der Waals surface area contributed by atoms with Crippen molar-refractivity contribution in [1.82, 2.24) is 19.7 Å². The van der Waals surface area contributed by atoms with Crippen molar-refractivity contribution < 1.29 is 0 Å². The maximum atomic E-state index is 4.41. The fourth-order valence-electron chi connectivity index (χ4n) is 2.61. The Morgan fingerprint density at radius 3 is 2.48 bits per heavy atom. The lowest BCUT2D eigenvalue weighted by atomic mass is 10.2. The summed E-state index contributed by atoms with van der Waals surface area (Å²) in [6, 6.07) is 20.3. The Morgan fingerprint density at radius 1 is 0.920 bits per heavy atom. The lowest BCUT2D eigenvalue weighted by Crippen LogP contribution is -2.02. The molecule has 0 aliphatic heterocycles. The normalized spacial score (nSPS) is 11.2. The highest BCUT2D eigenvalue weighted by Gasteiger charge is 2.08. The molecule has 0 unspecified atom stereocenters. The van der Waals surface area contributed by atoms with Gasteiger partial charge in [-0.15, -0.1) is 0 Å². The molecule has 0 spiro atoms. The van der Waals surface area contributed by atoms with Gasteiger partial charge in [-0.25, -0.2) is 14.6 Å². The van der Waals surface area contributed by atoms with Gasteiger partial charge in [-0.05, 0) is 17.2 Å². The number of aromatic nitrogens is 4. The van der Waals surface area contributed by atoms with Crippen LogP contribution in [-0.2, 0) is 6.54 Å². The Morgan fingerprint density at radius 2 is 1.68 bits per heavy atom. The molecule has 2 heterocycles. The van der Waals surface area contributed by atoms with Gasteiger partial charge in [-0.3, -0.25) is 0 Å². The maximum Gasteiger partial charge on any atom is 0.167 e. The summed E-state index contributed by atoms with van der Waals surface area (Å²) in [7, 11) is 0. The van der Waals surface area contributed by atoms with Crippen molar-refractivity contribution in [3.63, 3.8) is 0 Å². The molecule has 0 fully saturated rings. The van der Waals surface area contributed by atoms with Crippen molar-refractivity contribution in [3.8, 4) is 0 Å². The molecule has 122 valence electrons. The second-order valence-electron chi connectivity index (χ2n) is 5.61. The Hall–Kier alpha value is -3.47. The summed E-state index contributed by atoms with van der Waals surface area (Å²) in [5, 5.41) is 8.68. The van der Waals surface area contributed by atoms with Crippen LogP contribution in [0.5, 0.6) is 0 Å². The first-order valence-corrected chi connectivity index (χ1v) is 8.09. The molecule has 0 radical (unpaired) electrons. The zero-order chi connectivity index (χ0) is 16.9. The van der Waals surface area contributed by atoms with Crippen molar-refractivity contribution in [2.45, 2.75) is 6.54 Å². The zero-order valence-electron chi connectivity index (χ0n) is 13.6. The predicted molar refractivity (Wildman–Crippen MR) is 101 cm³/mol. The van der Waals surface area contributed by atoms with Crippen LogP contribution in [-0.4, -0.2) is 19.7 Å². The Kier molecular flexibility index (Phi) is 4.20. The molecule has 0 amide bonds. The van der Waals surface area contributed by atoms with E-state index in [9.17, 15) is 0 Å². The number of nitrogens with zero attached hydrogens (tertiary/aromatic N) is 4. The van der Waals surface area contributed by atoms with E-state index in [0.29, 0.717) is 6.54 Å². The van der Waals surface area contributed by atoms with Gasteiger partial charge in [0.1, 0.15) is 12.1 Å². The van der Waals surface area contributed by atoms with Gasteiger partial charge in [0, 0.05) is 12.7 Å². The van der Waals surface area contributed by atoms with E-state index in [0.717, 1.165) is 22.4 Å². The number of fused-ring (bicyclic) bond motifs is 1. The van der Waals surface area contributed by atoms with Crippen LogP contribution in [0.1, 0.15) is 11.1 Å². The molecule has 4 aromatic rings. The summed E-state index contributed by atoms with van der Waals surface area (Å²) in [6.07, 6.45) is 7.26. The smallest absolute Gasteiger partial charge is 0.167 e. The van der Waals surface area contributed by atoms with Crippen LogP contribution >= 0.6 is 0 Å².